The predicted molar refractivity (Wildman–Crippen MR) is 222 cm³/mol. The van der Waals surface area contributed by atoms with Crippen molar-refractivity contribution in [2.24, 2.45) is 0 Å². The average molecular weight is 760 g/mol. The number of phosphoric acid groups is 1. The van der Waals surface area contributed by atoms with Gasteiger partial charge in [0.2, 0.25) is 5.91 Å². The standard InChI is InChI=1S/C43H87N2O6P/c1-6-8-10-12-14-16-18-19-20-21-22-23-24-25-27-28-30-32-34-36-42(46)41(40-51-52(48,49)50-39-38-45(3,4)5)44-43(47)37-35-33-31-29-26-17-15-13-11-9-7-2/h13,15,41-42,46H,6-12,14,16-40H2,1-5H3,(H-,44,47,48,49)/p+1/b15-13-. The van der Waals surface area contributed by atoms with Gasteiger partial charge >= 0.3 is 7.82 Å². The van der Waals surface area contributed by atoms with Crippen LogP contribution in [0.1, 0.15) is 206 Å². The number of likely N-dealkylation sites (N-methyl/N-ethyl adjacent to an activating group) is 1. The zero-order valence-corrected chi connectivity index (χ0v) is 36.0. The first-order valence-corrected chi connectivity index (χ1v) is 23.5. The van der Waals surface area contributed by atoms with Crippen molar-refractivity contribution in [2.75, 3.05) is 40.9 Å². The van der Waals surface area contributed by atoms with Crippen molar-refractivity contribution in [3.8, 4) is 0 Å². The molecule has 0 aromatic carbocycles. The number of unbranched alkanes of at least 4 members (excludes halogenated alkanes) is 25. The van der Waals surface area contributed by atoms with E-state index in [0.29, 0.717) is 23.9 Å². The molecule has 3 atom stereocenters. The summed E-state index contributed by atoms with van der Waals surface area (Å²) in [4.78, 5) is 23.1. The van der Waals surface area contributed by atoms with Gasteiger partial charge in [0.15, 0.2) is 0 Å². The number of amides is 1. The smallest absolute Gasteiger partial charge is 0.391 e. The number of aliphatic hydroxyl groups excluding tert-OH is 1. The number of quaternary nitrogens is 1. The van der Waals surface area contributed by atoms with Crippen LogP contribution in [0, 0.1) is 0 Å². The van der Waals surface area contributed by atoms with E-state index in [-0.39, 0.29) is 19.1 Å². The summed E-state index contributed by atoms with van der Waals surface area (Å²) in [7, 11) is 1.61. The number of allylic oxidation sites excluding steroid dienone is 2. The molecule has 0 aliphatic rings. The monoisotopic (exact) mass is 760 g/mol. The number of aliphatic hydroxyl groups is 1. The quantitative estimate of drug-likeness (QED) is 0.0249. The normalized spacial score (nSPS) is 14.5. The van der Waals surface area contributed by atoms with Crippen LogP contribution < -0.4 is 5.32 Å². The Morgan fingerprint density at radius 2 is 1.06 bits per heavy atom. The second kappa shape index (κ2) is 35.9. The molecule has 0 radical (unpaired) electrons. The molecule has 0 spiro atoms. The molecule has 0 aliphatic heterocycles. The molecule has 0 rings (SSSR count). The molecule has 0 fully saturated rings. The predicted octanol–water partition coefficient (Wildman–Crippen LogP) is 12.0. The molecule has 8 nitrogen and oxygen atoms in total. The summed E-state index contributed by atoms with van der Waals surface area (Å²) in [6.07, 6.45) is 39.5. The molecule has 0 aromatic heterocycles. The number of carbonyl (C=O) groups excluding carboxylic acids is 1. The topological polar surface area (TPSA) is 105 Å². The molecule has 1 amide bonds. The fourth-order valence-electron chi connectivity index (χ4n) is 6.44. The summed E-state index contributed by atoms with van der Waals surface area (Å²) in [5, 5.41) is 13.9. The lowest BCUT2D eigenvalue weighted by atomic mass is 10.0. The van der Waals surface area contributed by atoms with Crippen LogP contribution in [0.3, 0.4) is 0 Å². The van der Waals surface area contributed by atoms with E-state index >= 15 is 0 Å². The third-order valence-corrected chi connectivity index (χ3v) is 11.0. The van der Waals surface area contributed by atoms with E-state index in [4.69, 9.17) is 9.05 Å². The lowest BCUT2D eigenvalue weighted by Crippen LogP contribution is -2.46. The van der Waals surface area contributed by atoms with Crippen molar-refractivity contribution in [1.82, 2.24) is 5.32 Å². The van der Waals surface area contributed by atoms with Crippen molar-refractivity contribution in [2.45, 2.75) is 219 Å². The zero-order valence-electron chi connectivity index (χ0n) is 35.1. The molecule has 0 bridgehead atoms. The number of rotatable bonds is 40. The van der Waals surface area contributed by atoms with E-state index < -0.39 is 20.0 Å². The van der Waals surface area contributed by atoms with Gasteiger partial charge in [0.05, 0.1) is 39.9 Å². The Bertz CT molecular complexity index is 865. The van der Waals surface area contributed by atoms with Gasteiger partial charge in [0.25, 0.3) is 0 Å². The summed E-state index contributed by atoms with van der Waals surface area (Å²) < 4.78 is 23.6. The Morgan fingerprint density at radius 1 is 0.635 bits per heavy atom. The van der Waals surface area contributed by atoms with Gasteiger partial charge in [-0.05, 0) is 32.1 Å². The number of carbonyl (C=O) groups is 1. The molecule has 0 saturated heterocycles. The van der Waals surface area contributed by atoms with Crippen molar-refractivity contribution in [1.29, 1.82) is 0 Å². The van der Waals surface area contributed by atoms with Crippen LogP contribution in [0.5, 0.6) is 0 Å². The van der Waals surface area contributed by atoms with E-state index in [9.17, 15) is 19.4 Å². The molecule has 3 unspecified atom stereocenters. The Kier molecular flexibility index (Phi) is 35.4. The maximum absolute atomic E-state index is 12.8. The summed E-state index contributed by atoms with van der Waals surface area (Å²) >= 11 is 0. The first kappa shape index (κ1) is 51.2. The number of hydrogen-bond acceptors (Lipinski definition) is 5. The molecule has 310 valence electrons. The Morgan fingerprint density at radius 3 is 1.54 bits per heavy atom. The van der Waals surface area contributed by atoms with Crippen LogP contribution in [0.2, 0.25) is 0 Å². The SMILES string of the molecule is CCCC/C=C\CCCCCCCC(=O)NC(COP(=O)(O)OCC[N+](C)(C)C)C(O)CCCCCCCCCCCCCCCCCCCCC. The van der Waals surface area contributed by atoms with Crippen molar-refractivity contribution in [3.05, 3.63) is 12.2 Å². The minimum atomic E-state index is -4.31. The third-order valence-electron chi connectivity index (χ3n) is 10.0. The van der Waals surface area contributed by atoms with Crippen molar-refractivity contribution < 1.29 is 32.9 Å². The van der Waals surface area contributed by atoms with E-state index in [1.165, 1.54) is 128 Å². The minimum absolute atomic E-state index is 0.0748. The van der Waals surface area contributed by atoms with Gasteiger partial charge in [-0.1, -0.05) is 180 Å². The molecular formula is C43H88N2O6P+. The number of hydrogen-bond donors (Lipinski definition) is 3. The van der Waals surface area contributed by atoms with E-state index in [1.54, 1.807) is 0 Å². The third kappa shape index (κ3) is 37.6. The number of phosphoric ester groups is 1. The Balaban J connectivity index is 4.31. The first-order chi connectivity index (χ1) is 25.0. The Labute approximate surface area is 322 Å². The van der Waals surface area contributed by atoms with Crippen LogP contribution in [0.25, 0.3) is 0 Å². The second-order valence-electron chi connectivity index (χ2n) is 16.4. The van der Waals surface area contributed by atoms with Gasteiger partial charge in [0, 0.05) is 6.42 Å². The van der Waals surface area contributed by atoms with Crippen LogP contribution in [-0.2, 0) is 18.4 Å². The van der Waals surface area contributed by atoms with Gasteiger partial charge in [-0.2, -0.15) is 0 Å². The van der Waals surface area contributed by atoms with Crippen LogP contribution in [0.4, 0.5) is 0 Å². The molecule has 0 saturated carbocycles. The fourth-order valence-corrected chi connectivity index (χ4v) is 7.17. The minimum Gasteiger partial charge on any atom is -0.391 e. The molecule has 0 heterocycles. The highest BCUT2D eigenvalue weighted by Gasteiger charge is 2.28. The van der Waals surface area contributed by atoms with Crippen molar-refractivity contribution in [3.63, 3.8) is 0 Å². The molecule has 0 aromatic rings. The number of nitrogens with zero attached hydrogens (tertiary/aromatic N) is 1. The van der Waals surface area contributed by atoms with Gasteiger partial charge < -0.3 is 19.8 Å². The summed E-state index contributed by atoms with van der Waals surface area (Å²) in [6.45, 7) is 4.85. The maximum atomic E-state index is 12.8. The van der Waals surface area contributed by atoms with Gasteiger partial charge in [-0.15, -0.1) is 0 Å². The molecule has 9 heteroatoms. The summed E-state index contributed by atoms with van der Waals surface area (Å²) in [5.74, 6) is -0.154. The van der Waals surface area contributed by atoms with E-state index in [2.05, 4.69) is 31.3 Å². The first-order valence-electron chi connectivity index (χ1n) is 22.1. The molecular weight excluding hydrogens is 671 g/mol. The molecule has 52 heavy (non-hydrogen) atoms. The van der Waals surface area contributed by atoms with E-state index in [1.807, 2.05) is 21.1 Å². The average Bonchev–Trinajstić information content (AvgIpc) is 3.09. The highest BCUT2D eigenvalue weighted by Crippen LogP contribution is 2.43. The lowest BCUT2D eigenvalue weighted by Gasteiger charge is -2.26. The van der Waals surface area contributed by atoms with Crippen molar-refractivity contribution >= 4 is 13.7 Å². The van der Waals surface area contributed by atoms with Gasteiger partial charge in [-0.25, -0.2) is 4.57 Å². The Hall–Kier alpha value is -0.760. The maximum Gasteiger partial charge on any atom is 0.472 e. The second-order valence-corrected chi connectivity index (χ2v) is 17.9. The van der Waals surface area contributed by atoms with Gasteiger partial charge in [-0.3, -0.25) is 13.8 Å². The zero-order chi connectivity index (χ0) is 38.6. The van der Waals surface area contributed by atoms with E-state index in [0.717, 1.165) is 51.4 Å². The summed E-state index contributed by atoms with van der Waals surface area (Å²) in [5.41, 5.74) is 0. The van der Waals surface area contributed by atoms with Crippen LogP contribution in [0.15, 0.2) is 12.2 Å². The van der Waals surface area contributed by atoms with Crippen LogP contribution in [-0.4, -0.2) is 73.4 Å². The van der Waals surface area contributed by atoms with Gasteiger partial charge in [0.1, 0.15) is 13.2 Å². The number of nitrogens with one attached hydrogen (secondary N) is 1. The molecule has 3 N–H and O–H groups in total. The highest BCUT2D eigenvalue weighted by atomic mass is 31.2. The largest absolute Gasteiger partial charge is 0.472 e. The molecule has 0 aliphatic carbocycles. The summed E-state index contributed by atoms with van der Waals surface area (Å²) in [6, 6.07) is -0.759. The highest BCUT2D eigenvalue weighted by molar-refractivity contribution is 7.47. The van der Waals surface area contributed by atoms with Crippen LogP contribution >= 0.6 is 7.82 Å². The lowest BCUT2D eigenvalue weighted by molar-refractivity contribution is -0.870. The fraction of sp³-hybridized carbons (Fsp3) is 0.930.